The molecule has 2 aromatic rings. The number of nitrogen functional groups attached to an aromatic ring is 2. The van der Waals surface area contributed by atoms with Gasteiger partial charge in [-0.3, -0.25) is 19.9 Å². The maximum atomic E-state index is 12.9. The summed E-state index contributed by atoms with van der Waals surface area (Å²) >= 11 is 1.89. The maximum absolute atomic E-state index is 12.9. The van der Waals surface area contributed by atoms with Crippen molar-refractivity contribution < 1.29 is 23.8 Å². The van der Waals surface area contributed by atoms with E-state index in [1.54, 1.807) is 7.11 Å². The monoisotopic (exact) mass is 638 g/mol. The molecular formula is C24H31IN8O5. The number of hydrogen-bond acceptors (Lipinski definition) is 11. The highest BCUT2D eigenvalue weighted by Gasteiger charge is 2.40. The molecule has 0 unspecified atom stereocenters. The van der Waals surface area contributed by atoms with Crippen molar-refractivity contribution >= 4 is 52.0 Å². The maximum Gasteiger partial charge on any atom is 0.280 e. The molecule has 2 amide bonds. The highest BCUT2D eigenvalue weighted by atomic mass is 127. The van der Waals surface area contributed by atoms with Crippen molar-refractivity contribution in [3.63, 3.8) is 0 Å². The van der Waals surface area contributed by atoms with Crippen molar-refractivity contribution in [2.24, 2.45) is 4.99 Å². The second-order valence-corrected chi connectivity index (χ2v) is 10.0. The standard InChI is InChI=1S/C24H31IN8O5/c1-36-10-11-37-14-38-16-4-2-15(3-5-16)12-17(34)33-8-6-24(7-9-33)13-28-23(32-24)31-22(35)18-20(26)30-21(27)19(25)29-18/h2-5H,6-14H2,1H3,(H4,26,27,30)(H2,28,31,32,35). The van der Waals surface area contributed by atoms with Gasteiger partial charge < -0.3 is 35.9 Å². The fourth-order valence-electron chi connectivity index (χ4n) is 4.17. The van der Waals surface area contributed by atoms with Crippen molar-refractivity contribution in [1.29, 1.82) is 0 Å². The van der Waals surface area contributed by atoms with E-state index in [9.17, 15) is 9.59 Å². The van der Waals surface area contributed by atoms with Crippen molar-refractivity contribution in [3.05, 3.63) is 39.2 Å². The third-order valence-corrected chi connectivity index (χ3v) is 7.16. The van der Waals surface area contributed by atoms with Crippen LogP contribution in [-0.4, -0.2) is 84.9 Å². The zero-order chi connectivity index (χ0) is 27.1. The van der Waals surface area contributed by atoms with E-state index in [0.717, 1.165) is 5.56 Å². The number of nitrogens with one attached hydrogen (secondary N) is 2. The number of likely N-dealkylation sites (tertiary alicyclic amines) is 1. The van der Waals surface area contributed by atoms with Crippen LogP contribution in [0.15, 0.2) is 29.3 Å². The van der Waals surface area contributed by atoms with Gasteiger partial charge >= 0.3 is 0 Å². The summed E-state index contributed by atoms with van der Waals surface area (Å²) < 4.78 is 16.1. The Labute approximate surface area is 233 Å². The molecule has 1 saturated heterocycles. The van der Waals surface area contributed by atoms with Gasteiger partial charge in [0.05, 0.1) is 31.7 Å². The average Bonchev–Trinajstić information content (AvgIpc) is 3.28. The second-order valence-electron chi connectivity index (χ2n) is 9.02. The molecule has 13 nitrogen and oxygen atoms in total. The highest BCUT2D eigenvalue weighted by molar-refractivity contribution is 14.1. The normalized spacial score (nSPS) is 16.2. The minimum absolute atomic E-state index is 0.00975. The molecule has 14 heteroatoms. The minimum atomic E-state index is -0.515. The van der Waals surface area contributed by atoms with Gasteiger partial charge in [-0.2, -0.15) is 0 Å². The van der Waals surface area contributed by atoms with Crippen LogP contribution in [0.25, 0.3) is 0 Å². The predicted molar refractivity (Wildman–Crippen MR) is 148 cm³/mol. The molecule has 1 fully saturated rings. The van der Waals surface area contributed by atoms with Crippen LogP contribution >= 0.6 is 22.6 Å². The van der Waals surface area contributed by atoms with E-state index in [1.165, 1.54) is 0 Å². The Morgan fingerprint density at radius 1 is 1.13 bits per heavy atom. The van der Waals surface area contributed by atoms with E-state index in [1.807, 2.05) is 51.8 Å². The fourth-order valence-corrected chi connectivity index (χ4v) is 4.54. The molecule has 0 aliphatic carbocycles. The number of ether oxygens (including phenoxy) is 3. The van der Waals surface area contributed by atoms with E-state index >= 15 is 0 Å². The van der Waals surface area contributed by atoms with E-state index in [-0.39, 0.29) is 35.6 Å². The van der Waals surface area contributed by atoms with Gasteiger partial charge in [0.25, 0.3) is 5.91 Å². The van der Waals surface area contributed by atoms with E-state index < -0.39 is 5.91 Å². The quantitative estimate of drug-likeness (QED) is 0.172. The van der Waals surface area contributed by atoms with Gasteiger partial charge in [-0.15, -0.1) is 0 Å². The minimum Gasteiger partial charge on any atom is -0.468 e. The topological polar surface area (TPSA) is 179 Å². The first-order chi connectivity index (χ1) is 18.3. The number of carbonyl (C=O) groups is 2. The molecule has 0 radical (unpaired) electrons. The number of carbonyl (C=O) groups excluding carboxylic acids is 2. The number of methoxy groups -OCH3 is 1. The number of nitrogens with two attached hydrogens (primary N) is 2. The van der Waals surface area contributed by atoms with Crippen LogP contribution in [-0.2, 0) is 20.7 Å². The molecule has 2 aliphatic rings. The van der Waals surface area contributed by atoms with E-state index in [4.69, 9.17) is 25.7 Å². The number of piperidine rings is 1. The summed E-state index contributed by atoms with van der Waals surface area (Å²) in [4.78, 5) is 39.9. The molecule has 1 spiro atoms. The van der Waals surface area contributed by atoms with Gasteiger partial charge in [0.1, 0.15) is 9.45 Å². The predicted octanol–water partition coefficient (Wildman–Crippen LogP) is 0.538. The Kier molecular flexibility index (Phi) is 9.17. The van der Waals surface area contributed by atoms with Gasteiger partial charge in [-0.25, -0.2) is 9.97 Å². The van der Waals surface area contributed by atoms with Crippen LogP contribution < -0.4 is 26.8 Å². The smallest absolute Gasteiger partial charge is 0.280 e. The molecular weight excluding hydrogens is 607 g/mol. The van der Waals surface area contributed by atoms with Gasteiger partial charge in [-0.05, 0) is 53.1 Å². The summed E-state index contributed by atoms with van der Waals surface area (Å²) in [7, 11) is 1.61. The Morgan fingerprint density at radius 2 is 1.87 bits per heavy atom. The van der Waals surface area contributed by atoms with Crippen molar-refractivity contribution in [1.82, 2.24) is 25.5 Å². The van der Waals surface area contributed by atoms with Crippen LogP contribution in [0.3, 0.4) is 0 Å². The third-order valence-electron chi connectivity index (χ3n) is 6.37. The number of hydrogen-bond donors (Lipinski definition) is 4. The number of halogens is 1. The van der Waals surface area contributed by atoms with E-state index in [0.29, 0.717) is 67.5 Å². The zero-order valence-corrected chi connectivity index (χ0v) is 23.2. The van der Waals surface area contributed by atoms with Crippen LogP contribution in [0.5, 0.6) is 5.75 Å². The first-order valence-corrected chi connectivity index (χ1v) is 13.1. The Morgan fingerprint density at radius 3 is 2.58 bits per heavy atom. The largest absolute Gasteiger partial charge is 0.468 e. The molecule has 1 aromatic heterocycles. The summed E-state index contributed by atoms with van der Waals surface area (Å²) in [6.07, 6.45) is 1.73. The number of anilines is 2. The second kappa shape index (κ2) is 12.5. The molecule has 0 saturated carbocycles. The number of aromatic nitrogens is 2. The first kappa shape index (κ1) is 27.8. The van der Waals surface area contributed by atoms with E-state index in [2.05, 4.69) is 25.6 Å². The van der Waals surface area contributed by atoms with Gasteiger partial charge in [-0.1, -0.05) is 12.1 Å². The van der Waals surface area contributed by atoms with Gasteiger partial charge in [0.2, 0.25) is 5.91 Å². The van der Waals surface area contributed by atoms with Gasteiger partial charge in [0, 0.05) is 20.2 Å². The Hall–Kier alpha value is -3.24. The summed E-state index contributed by atoms with van der Waals surface area (Å²) in [5.41, 5.74) is 12.1. The molecule has 204 valence electrons. The highest BCUT2D eigenvalue weighted by Crippen LogP contribution is 2.26. The molecule has 0 bridgehead atoms. The van der Waals surface area contributed by atoms with Crippen molar-refractivity contribution in [2.75, 3.05) is 58.2 Å². The zero-order valence-electron chi connectivity index (χ0n) is 21.0. The van der Waals surface area contributed by atoms with Crippen LogP contribution in [0.4, 0.5) is 11.6 Å². The fraction of sp³-hybridized carbons (Fsp3) is 0.458. The molecule has 0 atom stereocenters. The summed E-state index contributed by atoms with van der Waals surface area (Å²) in [5, 5.41) is 6.05. The number of benzene rings is 1. The first-order valence-electron chi connectivity index (χ1n) is 12.1. The lowest BCUT2D eigenvalue weighted by Crippen LogP contribution is -2.57. The molecule has 4 rings (SSSR count). The SMILES string of the molecule is COCCOCOc1ccc(CC(=O)N2CCC3(CC2)CN=C(NC(=O)c2nc(I)c(N)nc2N)N3)cc1. The lowest BCUT2D eigenvalue weighted by atomic mass is 9.88. The molecule has 3 heterocycles. The Balaban J connectivity index is 1.22. The number of guanidine groups is 1. The third kappa shape index (κ3) is 6.99. The summed E-state index contributed by atoms with van der Waals surface area (Å²) in [6.45, 7) is 2.81. The van der Waals surface area contributed by atoms with Crippen molar-refractivity contribution in [3.8, 4) is 5.75 Å². The molecule has 2 aliphatic heterocycles. The van der Waals surface area contributed by atoms with Crippen LogP contribution in [0.2, 0.25) is 0 Å². The van der Waals surface area contributed by atoms with Crippen LogP contribution in [0, 0.1) is 3.70 Å². The molecule has 38 heavy (non-hydrogen) atoms. The number of aliphatic imine (C=N–C) groups is 1. The molecule has 1 aromatic carbocycles. The molecule has 6 N–H and O–H groups in total. The van der Waals surface area contributed by atoms with Crippen LogP contribution in [0.1, 0.15) is 28.9 Å². The lowest BCUT2D eigenvalue weighted by molar-refractivity contribution is -0.132. The average molecular weight is 638 g/mol. The number of rotatable bonds is 9. The Bertz CT molecular complexity index is 1190. The number of amides is 2. The van der Waals surface area contributed by atoms with Crippen molar-refractivity contribution in [2.45, 2.75) is 24.8 Å². The van der Waals surface area contributed by atoms with Gasteiger partial charge in [0.15, 0.2) is 30.1 Å². The summed E-state index contributed by atoms with van der Waals surface area (Å²) in [6, 6.07) is 7.42. The number of nitrogens with zero attached hydrogens (tertiary/aromatic N) is 4. The lowest BCUT2D eigenvalue weighted by Gasteiger charge is -2.39. The summed E-state index contributed by atoms with van der Waals surface area (Å²) in [5.74, 6) is 0.704.